The van der Waals surface area contributed by atoms with Crippen LogP contribution in [0.5, 0.6) is 11.5 Å². The van der Waals surface area contributed by atoms with Gasteiger partial charge in [0.25, 0.3) is 0 Å². The normalized spacial score (nSPS) is 9.56. The van der Waals surface area contributed by atoms with E-state index >= 15 is 0 Å². The summed E-state index contributed by atoms with van der Waals surface area (Å²) in [5, 5.41) is 3.51. The van der Waals surface area contributed by atoms with Gasteiger partial charge in [0.05, 0.1) is 0 Å². The van der Waals surface area contributed by atoms with Crippen molar-refractivity contribution in [2.45, 2.75) is 6.42 Å². The van der Waals surface area contributed by atoms with Gasteiger partial charge in [-0.15, -0.1) is 0 Å². The largest absolute Gasteiger partial charge is 0.457 e. The van der Waals surface area contributed by atoms with E-state index in [0.29, 0.717) is 6.54 Å². The first-order valence-electron chi connectivity index (χ1n) is 5.71. The molecule has 0 saturated carbocycles. The zero-order valence-electron chi connectivity index (χ0n) is 9.86. The van der Waals surface area contributed by atoms with E-state index in [1.54, 1.807) is 0 Å². The lowest BCUT2D eigenvalue weighted by atomic mass is 10.1. The van der Waals surface area contributed by atoms with Crippen LogP contribution in [0, 0.1) is 0 Å². The highest BCUT2D eigenvalue weighted by Crippen LogP contribution is 2.21. The molecular formula is C14H13N3O. The molecule has 0 radical (unpaired) electrons. The van der Waals surface area contributed by atoms with E-state index in [2.05, 4.69) is 10.0 Å². The van der Waals surface area contributed by atoms with E-state index in [-0.39, 0.29) is 0 Å². The molecule has 0 aliphatic carbocycles. The van der Waals surface area contributed by atoms with Crippen molar-refractivity contribution in [3.8, 4) is 11.5 Å². The third-order valence-corrected chi connectivity index (χ3v) is 2.47. The molecule has 0 fully saturated rings. The van der Waals surface area contributed by atoms with Gasteiger partial charge in [-0.25, -0.2) is 0 Å². The molecular weight excluding hydrogens is 226 g/mol. The molecule has 0 amide bonds. The second-order valence-electron chi connectivity index (χ2n) is 3.76. The minimum Gasteiger partial charge on any atom is -0.457 e. The van der Waals surface area contributed by atoms with E-state index < -0.39 is 0 Å². The first kappa shape index (κ1) is 12.0. The molecule has 90 valence electrons. The topological polar surface area (TPSA) is 58.0 Å². The fraction of sp³-hybridized carbons (Fsp3) is 0.143. The van der Waals surface area contributed by atoms with Gasteiger partial charge in [-0.1, -0.05) is 35.4 Å². The SMILES string of the molecule is [N-]=[N+]=NCCc1ccc(Oc2ccccc2)cc1. The second kappa shape index (κ2) is 6.33. The zero-order chi connectivity index (χ0) is 12.6. The van der Waals surface area contributed by atoms with E-state index in [1.807, 2.05) is 54.6 Å². The monoisotopic (exact) mass is 239 g/mol. The van der Waals surface area contributed by atoms with E-state index in [1.165, 1.54) is 0 Å². The fourth-order valence-corrected chi connectivity index (χ4v) is 1.57. The summed E-state index contributed by atoms with van der Waals surface area (Å²) in [5.41, 5.74) is 9.32. The molecule has 2 aromatic rings. The van der Waals surface area contributed by atoms with Crippen molar-refractivity contribution in [1.82, 2.24) is 0 Å². The number of ether oxygens (including phenoxy) is 1. The van der Waals surface area contributed by atoms with Crippen LogP contribution in [0.15, 0.2) is 59.7 Å². The number of azide groups is 1. The van der Waals surface area contributed by atoms with Crippen molar-refractivity contribution in [3.63, 3.8) is 0 Å². The Morgan fingerprint density at radius 1 is 0.944 bits per heavy atom. The van der Waals surface area contributed by atoms with Crippen LogP contribution in [0.2, 0.25) is 0 Å². The van der Waals surface area contributed by atoms with Crippen molar-refractivity contribution in [3.05, 3.63) is 70.6 Å². The molecule has 0 aliphatic rings. The average Bonchev–Trinajstić information content (AvgIpc) is 2.42. The van der Waals surface area contributed by atoms with Gasteiger partial charge < -0.3 is 4.74 Å². The molecule has 0 N–H and O–H groups in total. The van der Waals surface area contributed by atoms with Crippen LogP contribution in [-0.4, -0.2) is 6.54 Å². The molecule has 0 heterocycles. The van der Waals surface area contributed by atoms with Crippen molar-refractivity contribution >= 4 is 0 Å². The molecule has 0 aliphatic heterocycles. The molecule has 2 aromatic carbocycles. The Labute approximate surface area is 105 Å². The third kappa shape index (κ3) is 3.54. The Bertz CT molecular complexity index is 531. The van der Waals surface area contributed by atoms with Crippen molar-refractivity contribution in [2.75, 3.05) is 6.54 Å². The number of hydrogen-bond acceptors (Lipinski definition) is 2. The van der Waals surface area contributed by atoms with Crippen molar-refractivity contribution < 1.29 is 4.74 Å². The lowest BCUT2D eigenvalue weighted by molar-refractivity contribution is 0.482. The highest BCUT2D eigenvalue weighted by Gasteiger charge is 1.97. The maximum atomic E-state index is 8.19. The van der Waals surface area contributed by atoms with Crippen LogP contribution in [0.4, 0.5) is 0 Å². The molecule has 0 unspecified atom stereocenters. The number of hydrogen-bond donors (Lipinski definition) is 0. The fourth-order valence-electron chi connectivity index (χ4n) is 1.57. The van der Waals surface area contributed by atoms with Crippen LogP contribution in [0.3, 0.4) is 0 Å². The summed E-state index contributed by atoms with van der Waals surface area (Å²) >= 11 is 0. The Hall–Kier alpha value is -2.45. The van der Waals surface area contributed by atoms with Crippen LogP contribution < -0.4 is 4.74 Å². The van der Waals surface area contributed by atoms with Crippen LogP contribution in [0.25, 0.3) is 10.4 Å². The molecule has 0 spiro atoms. The van der Waals surface area contributed by atoms with Gasteiger partial charge in [-0.3, -0.25) is 0 Å². The first-order chi connectivity index (χ1) is 8.88. The van der Waals surface area contributed by atoms with E-state index in [4.69, 9.17) is 10.3 Å². The maximum Gasteiger partial charge on any atom is 0.127 e. The Morgan fingerprint density at radius 3 is 2.28 bits per heavy atom. The van der Waals surface area contributed by atoms with Gasteiger partial charge in [0.15, 0.2) is 0 Å². The van der Waals surface area contributed by atoms with Gasteiger partial charge in [-0.2, -0.15) is 0 Å². The predicted molar refractivity (Wildman–Crippen MR) is 70.7 cm³/mol. The summed E-state index contributed by atoms with van der Waals surface area (Å²) in [7, 11) is 0. The Balaban J connectivity index is 1.97. The second-order valence-corrected chi connectivity index (χ2v) is 3.76. The lowest BCUT2D eigenvalue weighted by Gasteiger charge is -2.06. The smallest absolute Gasteiger partial charge is 0.127 e. The van der Waals surface area contributed by atoms with Gasteiger partial charge in [0.1, 0.15) is 11.5 Å². The van der Waals surface area contributed by atoms with E-state index in [0.717, 1.165) is 23.5 Å². The number of nitrogens with zero attached hydrogens (tertiary/aromatic N) is 3. The number of para-hydroxylation sites is 1. The summed E-state index contributed by atoms with van der Waals surface area (Å²) in [6, 6.07) is 17.4. The highest BCUT2D eigenvalue weighted by atomic mass is 16.5. The quantitative estimate of drug-likeness (QED) is 0.435. The zero-order valence-corrected chi connectivity index (χ0v) is 9.86. The summed E-state index contributed by atoms with van der Waals surface area (Å²) in [6.07, 6.45) is 0.746. The molecule has 0 atom stereocenters. The van der Waals surface area contributed by atoms with Crippen molar-refractivity contribution in [2.24, 2.45) is 5.11 Å². The molecule has 2 rings (SSSR count). The van der Waals surface area contributed by atoms with Crippen LogP contribution in [0.1, 0.15) is 5.56 Å². The molecule has 0 bridgehead atoms. The molecule has 4 nitrogen and oxygen atoms in total. The molecule has 18 heavy (non-hydrogen) atoms. The standard InChI is InChI=1S/C14H13N3O/c15-17-16-11-10-12-6-8-14(9-7-12)18-13-4-2-1-3-5-13/h1-9H,10-11H2. The third-order valence-electron chi connectivity index (χ3n) is 2.47. The van der Waals surface area contributed by atoms with Crippen LogP contribution >= 0.6 is 0 Å². The number of rotatable bonds is 5. The van der Waals surface area contributed by atoms with Crippen LogP contribution in [-0.2, 0) is 6.42 Å². The summed E-state index contributed by atoms with van der Waals surface area (Å²) in [5.74, 6) is 1.62. The maximum absolute atomic E-state index is 8.19. The highest BCUT2D eigenvalue weighted by molar-refractivity contribution is 5.33. The summed E-state index contributed by atoms with van der Waals surface area (Å²) in [4.78, 5) is 2.72. The number of benzene rings is 2. The molecule has 0 saturated heterocycles. The van der Waals surface area contributed by atoms with Gasteiger partial charge in [0, 0.05) is 11.5 Å². The minimum atomic E-state index is 0.482. The summed E-state index contributed by atoms with van der Waals surface area (Å²) < 4.78 is 5.68. The molecule has 4 heteroatoms. The minimum absolute atomic E-state index is 0.482. The van der Waals surface area contributed by atoms with Gasteiger partial charge in [0.2, 0.25) is 0 Å². The van der Waals surface area contributed by atoms with Crippen molar-refractivity contribution in [1.29, 1.82) is 0 Å². The lowest BCUT2D eigenvalue weighted by Crippen LogP contribution is -1.89. The Morgan fingerprint density at radius 2 is 1.61 bits per heavy atom. The first-order valence-corrected chi connectivity index (χ1v) is 5.71. The summed E-state index contributed by atoms with van der Waals surface area (Å²) in [6.45, 7) is 0.482. The predicted octanol–water partition coefficient (Wildman–Crippen LogP) is 4.33. The van der Waals surface area contributed by atoms with Gasteiger partial charge >= 0.3 is 0 Å². The van der Waals surface area contributed by atoms with E-state index in [9.17, 15) is 0 Å². The molecule has 0 aromatic heterocycles. The Kier molecular flexibility index (Phi) is 4.22. The van der Waals surface area contributed by atoms with Gasteiger partial charge in [-0.05, 0) is 41.8 Å². The average molecular weight is 239 g/mol.